The van der Waals surface area contributed by atoms with Gasteiger partial charge in [0.05, 0.1) is 18.2 Å². The zero-order valence-electron chi connectivity index (χ0n) is 9.87. The Morgan fingerprint density at radius 1 is 1.67 bits per heavy atom. The monoisotopic (exact) mass is 270 g/mol. The first-order valence-corrected chi connectivity index (χ1v) is 5.85. The zero-order valence-corrected chi connectivity index (χ0v) is 10.6. The lowest BCUT2D eigenvalue weighted by atomic mass is 10.1. The first kappa shape index (κ1) is 12.9. The second-order valence-corrected chi connectivity index (χ2v) is 4.24. The molecule has 0 N–H and O–H groups in total. The molecule has 0 bridgehead atoms. The Morgan fingerprint density at radius 3 is 3.11 bits per heavy atom. The Labute approximate surface area is 109 Å². The second kappa shape index (κ2) is 5.42. The Kier molecular flexibility index (Phi) is 3.90. The predicted octanol–water partition coefficient (Wildman–Crippen LogP) is 2.20. The first-order valence-electron chi connectivity index (χ1n) is 5.47. The zero-order chi connectivity index (χ0) is 13.1. The maximum atomic E-state index is 13.8. The van der Waals surface area contributed by atoms with Gasteiger partial charge in [0, 0.05) is 19.7 Å². The van der Waals surface area contributed by atoms with Gasteiger partial charge in [0.2, 0.25) is 0 Å². The van der Waals surface area contributed by atoms with Crippen molar-refractivity contribution in [2.45, 2.75) is 0 Å². The molecule has 2 rings (SSSR count). The number of halogens is 2. The highest BCUT2D eigenvalue weighted by atomic mass is 35.5. The highest BCUT2D eigenvalue weighted by Crippen LogP contribution is 2.39. The average molecular weight is 271 g/mol. The summed E-state index contributed by atoms with van der Waals surface area (Å²) in [6.45, 7) is 2.13. The van der Waals surface area contributed by atoms with Gasteiger partial charge in [-0.25, -0.2) is 4.39 Å². The van der Waals surface area contributed by atoms with E-state index in [0.29, 0.717) is 37.7 Å². The molecule has 96 valence electrons. The summed E-state index contributed by atoms with van der Waals surface area (Å²) >= 11 is 5.73. The predicted molar refractivity (Wildman–Crippen MR) is 65.7 cm³/mol. The molecule has 0 aromatic heterocycles. The molecule has 1 aromatic rings. The number of hydrogen-bond acceptors (Lipinski definition) is 4. The van der Waals surface area contributed by atoms with Crippen LogP contribution >= 0.6 is 11.6 Å². The molecule has 0 unspecified atom stereocenters. The van der Waals surface area contributed by atoms with Crippen molar-refractivity contribution in [3.05, 3.63) is 22.5 Å². The Balaban J connectivity index is 2.48. The number of benzene rings is 1. The molecule has 0 spiro atoms. The molecule has 0 fully saturated rings. The Morgan fingerprint density at radius 2 is 2.44 bits per heavy atom. The normalized spacial score (nSPS) is 13.8. The molecule has 1 aliphatic heterocycles. The van der Waals surface area contributed by atoms with Gasteiger partial charge < -0.3 is 14.4 Å². The van der Waals surface area contributed by atoms with Crippen LogP contribution in [0.1, 0.15) is 5.56 Å². The van der Waals surface area contributed by atoms with Crippen molar-refractivity contribution < 1.29 is 13.9 Å². The standard InChI is InChI=1S/C12H12ClFN2O2/c1-17-4-2-16-3-5-18-10-6-9(13)11(14)8(7-15)12(10)16/h6H,2-5H2,1H3. The summed E-state index contributed by atoms with van der Waals surface area (Å²) in [4.78, 5) is 1.88. The van der Waals surface area contributed by atoms with Gasteiger partial charge in [-0.15, -0.1) is 0 Å². The largest absolute Gasteiger partial charge is 0.489 e. The smallest absolute Gasteiger partial charge is 0.161 e. The summed E-state index contributed by atoms with van der Waals surface area (Å²) < 4.78 is 24.2. The van der Waals surface area contributed by atoms with Gasteiger partial charge in [-0.2, -0.15) is 5.26 Å². The molecule has 0 saturated heterocycles. The van der Waals surface area contributed by atoms with Crippen molar-refractivity contribution in [3.8, 4) is 11.8 Å². The molecular weight excluding hydrogens is 259 g/mol. The summed E-state index contributed by atoms with van der Waals surface area (Å²) in [6, 6.07) is 3.26. The lowest BCUT2D eigenvalue weighted by Crippen LogP contribution is -2.36. The van der Waals surface area contributed by atoms with Gasteiger partial charge in [0.15, 0.2) is 5.82 Å². The van der Waals surface area contributed by atoms with Gasteiger partial charge in [-0.1, -0.05) is 11.6 Å². The molecule has 1 aromatic carbocycles. The molecular formula is C12H12ClFN2O2. The third-order valence-electron chi connectivity index (χ3n) is 2.77. The lowest BCUT2D eigenvalue weighted by molar-refractivity contribution is 0.201. The van der Waals surface area contributed by atoms with E-state index in [0.717, 1.165) is 0 Å². The number of rotatable bonds is 3. The average Bonchev–Trinajstić information content (AvgIpc) is 2.38. The summed E-state index contributed by atoms with van der Waals surface area (Å²) in [6.07, 6.45) is 0. The van der Waals surface area contributed by atoms with E-state index >= 15 is 0 Å². The van der Waals surface area contributed by atoms with Crippen LogP contribution in [0.3, 0.4) is 0 Å². The molecule has 1 aliphatic rings. The van der Waals surface area contributed by atoms with Crippen LogP contribution in [0.2, 0.25) is 5.02 Å². The molecule has 0 atom stereocenters. The number of fused-ring (bicyclic) bond motifs is 1. The minimum absolute atomic E-state index is 0.0756. The number of nitrogens with zero attached hydrogens (tertiary/aromatic N) is 2. The maximum Gasteiger partial charge on any atom is 0.161 e. The van der Waals surface area contributed by atoms with E-state index in [1.54, 1.807) is 7.11 Å². The topological polar surface area (TPSA) is 45.5 Å². The number of ether oxygens (including phenoxy) is 2. The number of nitriles is 1. The van der Waals surface area contributed by atoms with Crippen LogP contribution in [-0.2, 0) is 4.74 Å². The fourth-order valence-electron chi connectivity index (χ4n) is 1.92. The van der Waals surface area contributed by atoms with E-state index in [9.17, 15) is 4.39 Å². The van der Waals surface area contributed by atoms with E-state index < -0.39 is 5.82 Å². The Bertz CT molecular complexity index is 502. The van der Waals surface area contributed by atoms with Gasteiger partial charge in [0.1, 0.15) is 29.7 Å². The van der Waals surface area contributed by atoms with Crippen molar-refractivity contribution >= 4 is 17.3 Å². The third-order valence-corrected chi connectivity index (χ3v) is 3.04. The van der Waals surface area contributed by atoms with Crippen molar-refractivity contribution in [1.82, 2.24) is 0 Å². The van der Waals surface area contributed by atoms with Crippen molar-refractivity contribution in [3.63, 3.8) is 0 Å². The van der Waals surface area contributed by atoms with E-state index in [2.05, 4.69) is 0 Å². The molecule has 0 radical (unpaired) electrons. The van der Waals surface area contributed by atoms with E-state index in [4.69, 9.17) is 26.3 Å². The maximum absolute atomic E-state index is 13.8. The molecule has 4 nitrogen and oxygen atoms in total. The van der Waals surface area contributed by atoms with Crippen LogP contribution < -0.4 is 9.64 Å². The summed E-state index contributed by atoms with van der Waals surface area (Å²) in [5.41, 5.74) is 0.385. The third kappa shape index (κ3) is 2.22. The minimum Gasteiger partial charge on any atom is -0.489 e. The lowest BCUT2D eigenvalue weighted by Gasteiger charge is -2.32. The quantitative estimate of drug-likeness (QED) is 0.845. The first-order chi connectivity index (χ1) is 8.69. The van der Waals surface area contributed by atoms with E-state index in [1.807, 2.05) is 11.0 Å². The van der Waals surface area contributed by atoms with E-state index in [1.165, 1.54) is 6.07 Å². The number of anilines is 1. The number of hydrogen-bond donors (Lipinski definition) is 0. The molecule has 0 aliphatic carbocycles. The van der Waals surface area contributed by atoms with Crippen molar-refractivity contribution in [2.24, 2.45) is 0 Å². The summed E-state index contributed by atoms with van der Waals surface area (Å²) in [5.74, 6) is -0.258. The van der Waals surface area contributed by atoms with Crippen LogP contribution in [0.25, 0.3) is 0 Å². The fraction of sp³-hybridized carbons (Fsp3) is 0.417. The number of methoxy groups -OCH3 is 1. The van der Waals surface area contributed by atoms with Crippen LogP contribution in [0.5, 0.6) is 5.75 Å². The van der Waals surface area contributed by atoms with E-state index in [-0.39, 0.29) is 10.6 Å². The van der Waals surface area contributed by atoms with Crippen LogP contribution in [0.4, 0.5) is 10.1 Å². The molecule has 1 heterocycles. The van der Waals surface area contributed by atoms with Gasteiger partial charge in [-0.3, -0.25) is 0 Å². The molecule has 0 saturated carbocycles. The van der Waals surface area contributed by atoms with Crippen LogP contribution in [0, 0.1) is 17.1 Å². The SMILES string of the molecule is COCCN1CCOc2cc(Cl)c(F)c(C#N)c21. The van der Waals surface area contributed by atoms with Crippen molar-refractivity contribution in [1.29, 1.82) is 5.26 Å². The van der Waals surface area contributed by atoms with Crippen LogP contribution in [-0.4, -0.2) is 33.4 Å². The van der Waals surface area contributed by atoms with Crippen molar-refractivity contribution in [2.75, 3.05) is 38.3 Å². The molecule has 0 amide bonds. The minimum atomic E-state index is -0.703. The molecule has 18 heavy (non-hydrogen) atoms. The van der Waals surface area contributed by atoms with Gasteiger partial charge in [-0.05, 0) is 0 Å². The highest BCUT2D eigenvalue weighted by molar-refractivity contribution is 6.31. The summed E-state index contributed by atoms with van der Waals surface area (Å²) in [7, 11) is 1.59. The highest BCUT2D eigenvalue weighted by Gasteiger charge is 2.26. The Hall–Kier alpha value is -1.51. The fourth-order valence-corrected chi connectivity index (χ4v) is 2.12. The summed E-state index contributed by atoms with van der Waals surface area (Å²) in [5, 5.41) is 8.98. The van der Waals surface area contributed by atoms with Gasteiger partial charge >= 0.3 is 0 Å². The van der Waals surface area contributed by atoms with Crippen LogP contribution in [0.15, 0.2) is 6.07 Å². The van der Waals surface area contributed by atoms with Gasteiger partial charge in [0.25, 0.3) is 0 Å². The molecule has 6 heteroatoms. The second-order valence-electron chi connectivity index (χ2n) is 3.83.